The van der Waals surface area contributed by atoms with E-state index in [-0.39, 0.29) is 12.1 Å². The van der Waals surface area contributed by atoms with Gasteiger partial charge in [0.2, 0.25) is 0 Å². The molecule has 2 aromatic rings. The van der Waals surface area contributed by atoms with Crippen LogP contribution in [-0.4, -0.2) is 17.5 Å². The molecule has 1 fully saturated rings. The minimum atomic E-state index is -0.0372. The molecule has 2 aromatic carbocycles. The number of likely N-dealkylation sites (tertiary alicyclic amines) is 1. The maximum Gasteiger partial charge on any atom is 0.322 e. The van der Waals surface area contributed by atoms with Crippen LogP contribution in [0.1, 0.15) is 42.9 Å². The Morgan fingerprint density at radius 2 is 1.75 bits per heavy atom. The van der Waals surface area contributed by atoms with E-state index in [1.807, 2.05) is 17.0 Å². The van der Waals surface area contributed by atoms with Crippen LogP contribution in [0.5, 0.6) is 0 Å². The molecule has 1 N–H and O–H groups in total. The smallest absolute Gasteiger partial charge is 0.317 e. The number of halogens is 1. The Kier molecular flexibility index (Phi) is 5.41. The Hall–Kier alpha value is -2.00. The van der Waals surface area contributed by atoms with Crippen LogP contribution in [-0.2, 0) is 0 Å². The normalized spacial score (nSPS) is 18.1. The topological polar surface area (TPSA) is 32.3 Å². The minimum absolute atomic E-state index is 0.0372. The van der Waals surface area contributed by atoms with Crippen molar-refractivity contribution in [1.82, 2.24) is 4.90 Å². The number of carbonyl (C=O) groups is 1. The number of amides is 2. The van der Waals surface area contributed by atoms with Gasteiger partial charge in [0.15, 0.2) is 0 Å². The summed E-state index contributed by atoms with van der Waals surface area (Å²) in [5.41, 5.74) is 3.23. The lowest BCUT2D eigenvalue weighted by molar-refractivity contribution is 0.189. The molecule has 0 radical (unpaired) electrons. The molecule has 1 saturated heterocycles. The van der Waals surface area contributed by atoms with Crippen molar-refractivity contribution in [2.45, 2.75) is 38.6 Å². The number of benzene rings is 2. The minimum Gasteiger partial charge on any atom is -0.317 e. The summed E-state index contributed by atoms with van der Waals surface area (Å²) in [7, 11) is 0. The van der Waals surface area contributed by atoms with E-state index in [1.165, 1.54) is 17.5 Å². The van der Waals surface area contributed by atoms with E-state index in [4.69, 9.17) is 11.6 Å². The molecule has 1 aliphatic heterocycles. The number of nitrogens with one attached hydrogen (secondary N) is 1. The molecule has 3 nitrogen and oxygen atoms in total. The first-order valence-electron chi connectivity index (χ1n) is 8.53. The summed E-state index contributed by atoms with van der Waals surface area (Å²) in [5.74, 6) is 0. The van der Waals surface area contributed by atoms with Crippen molar-refractivity contribution in [1.29, 1.82) is 0 Å². The van der Waals surface area contributed by atoms with Crippen molar-refractivity contribution >= 4 is 23.3 Å². The fourth-order valence-corrected chi connectivity index (χ4v) is 3.34. The van der Waals surface area contributed by atoms with E-state index in [0.29, 0.717) is 5.02 Å². The quantitative estimate of drug-likeness (QED) is 0.735. The van der Waals surface area contributed by atoms with Gasteiger partial charge in [-0.15, -0.1) is 0 Å². The molecule has 0 saturated carbocycles. The van der Waals surface area contributed by atoms with Gasteiger partial charge in [0.1, 0.15) is 0 Å². The Balaban J connectivity index is 1.79. The fourth-order valence-electron chi connectivity index (χ4n) is 3.22. The summed E-state index contributed by atoms with van der Waals surface area (Å²) in [4.78, 5) is 14.8. The van der Waals surface area contributed by atoms with E-state index in [2.05, 4.69) is 36.5 Å². The third-order valence-corrected chi connectivity index (χ3v) is 4.82. The Morgan fingerprint density at radius 3 is 2.46 bits per heavy atom. The largest absolute Gasteiger partial charge is 0.322 e. The zero-order valence-electron chi connectivity index (χ0n) is 14.0. The number of hydrogen-bond acceptors (Lipinski definition) is 1. The molecule has 126 valence electrons. The number of aryl methyl sites for hydroxylation is 1. The Morgan fingerprint density at radius 1 is 1.04 bits per heavy atom. The molecule has 1 aliphatic rings. The molecule has 1 atom stereocenters. The molecule has 0 spiro atoms. The SMILES string of the molecule is Cc1ccc([C@H]2CCCCCN2C(=O)Nc2ccc(Cl)cc2)cc1. The first kappa shape index (κ1) is 16.8. The first-order chi connectivity index (χ1) is 11.6. The van der Waals surface area contributed by atoms with Crippen molar-refractivity contribution in [2.75, 3.05) is 11.9 Å². The van der Waals surface area contributed by atoms with Crippen LogP contribution in [0.2, 0.25) is 5.02 Å². The monoisotopic (exact) mass is 342 g/mol. The summed E-state index contributed by atoms with van der Waals surface area (Å²) < 4.78 is 0. The lowest BCUT2D eigenvalue weighted by Crippen LogP contribution is -2.38. The van der Waals surface area contributed by atoms with Crippen molar-refractivity contribution in [2.24, 2.45) is 0 Å². The highest BCUT2D eigenvalue weighted by atomic mass is 35.5. The molecular weight excluding hydrogens is 320 g/mol. The first-order valence-corrected chi connectivity index (χ1v) is 8.91. The maximum atomic E-state index is 12.8. The fraction of sp³-hybridized carbons (Fsp3) is 0.350. The number of rotatable bonds is 2. The summed E-state index contributed by atoms with van der Waals surface area (Å²) in [6.45, 7) is 2.87. The molecule has 24 heavy (non-hydrogen) atoms. The van der Waals surface area contributed by atoms with Crippen molar-refractivity contribution in [3.63, 3.8) is 0 Å². The average Bonchev–Trinajstić information content (AvgIpc) is 2.84. The molecule has 0 aromatic heterocycles. The zero-order chi connectivity index (χ0) is 16.9. The molecule has 2 amide bonds. The predicted octanol–water partition coefficient (Wildman–Crippen LogP) is 5.80. The van der Waals surface area contributed by atoms with Gasteiger partial charge in [0, 0.05) is 17.3 Å². The van der Waals surface area contributed by atoms with E-state index in [1.54, 1.807) is 12.1 Å². The van der Waals surface area contributed by atoms with Gasteiger partial charge in [-0.25, -0.2) is 4.79 Å². The number of urea groups is 1. The Labute approximate surface area is 148 Å². The van der Waals surface area contributed by atoms with E-state index in [0.717, 1.165) is 31.5 Å². The number of anilines is 1. The van der Waals surface area contributed by atoms with E-state index < -0.39 is 0 Å². The summed E-state index contributed by atoms with van der Waals surface area (Å²) >= 11 is 5.91. The third kappa shape index (κ3) is 4.09. The second-order valence-electron chi connectivity index (χ2n) is 6.41. The van der Waals surface area contributed by atoms with Gasteiger partial charge in [-0.3, -0.25) is 0 Å². The second kappa shape index (κ2) is 7.71. The van der Waals surface area contributed by atoms with Crippen LogP contribution in [0, 0.1) is 6.92 Å². The standard InChI is InChI=1S/C20H23ClN2O/c1-15-6-8-16(9-7-15)19-5-3-2-4-14-23(19)20(24)22-18-12-10-17(21)11-13-18/h6-13,19H,2-5,14H2,1H3,(H,22,24)/t19-/m1/s1. The van der Waals surface area contributed by atoms with Crippen LogP contribution >= 0.6 is 11.6 Å². The molecule has 0 bridgehead atoms. The van der Waals surface area contributed by atoms with Crippen LogP contribution in [0.3, 0.4) is 0 Å². The van der Waals surface area contributed by atoms with Gasteiger partial charge in [-0.05, 0) is 49.6 Å². The summed E-state index contributed by atoms with van der Waals surface area (Å²) in [5, 5.41) is 3.67. The number of nitrogens with zero attached hydrogens (tertiary/aromatic N) is 1. The van der Waals surface area contributed by atoms with Crippen LogP contribution in [0.4, 0.5) is 10.5 Å². The highest BCUT2D eigenvalue weighted by molar-refractivity contribution is 6.30. The van der Waals surface area contributed by atoms with E-state index >= 15 is 0 Å². The van der Waals surface area contributed by atoms with Crippen LogP contribution in [0.25, 0.3) is 0 Å². The highest BCUT2D eigenvalue weighted by Crippen LogP contribution is 2.31. The summed E-state index contributed by atoms with van der Waals surface area (Å²) in [6.07, 6.45) is 4.39. The molecule has 3 rings (SSSR count). The lowest BCUT2D eigenvalue weighted by atomic mass is 10.00. The van der Waals surface area contributed by atoms with Crippen LogP contribution < -0.4 is 5.32 Å². The zero-order valence-corrected chi connectivity index (χ0v) is 14.7. The van der Waals surface area contributed by atoms with Gasteiger partial charge >= 0.3 is 6.03 Å². The summed E-state index contributed by atoms with van der Waals surface area (Å²) in [6, 6.07) is 15.9. The van der Waals surface area contributed by atoms with Gasteiger partial charge < -0.3 is 10.2 Å². The molecule has 0 aliphatic carbocycles. The predicted molar refractivity (Wildman–Crippen MR) is 99.6 cm³/mol. The number of carbonyl (C=O) groups excluding carboxylic acids is 1. The van der Waals surface area contributed by atoms with Crippen molar-refractivity contribution in [3.05, 3.63) is 64.7 Å². The highest BCUT2D eigenvalue weighted by Gasteiger charge is 2.26. The molecule has 4 heteroatoms. The van der Waals surface area contributed by atoms with Gasteiger partial charge in [-0.1, -0.05) is 54.3 Å². The second-order valence-corrected chi connectivity index (χ2v) is 6.84. The van der Waals surface area contributed by atoms with E-state index in [9.17, 15) is 4.79 Å². The van der Waals surface area contributed by atoms with Gasteiger partial charge in [0.25, 0.3) is 0 Å². The Bertz CT molecular complexity index is 682. The number of hydrogen-bond donors (Lipinski definition) is 1. The maximum absolute atomic E-state index is 12.8. The molecule has 0 unspecified atom stereocenters. The van der Waals surface area contributed by atoms with Crippen LogP contribution in [0.15, 0.2) is 48.5 Å². The van der Waals surface area contributed by atoms with Gasteiger partial charge in [-0.2, -0.15) is 0 Å². The molecule has 1 heterocycles. The average molecular weight is 343 g/mol. The van der Waals surface area contributed by atoms with Crippen molar-refractivity contribution in [3.8, 4) is 0 Å². The van der Waals surface area contributed by atoms with Crippen molar-refractivity contribution < 1.29 is 4.79 Å². The third-order valence-electron chi connectivity index (χ3n) is 4.57. The molecular formula is C20H23ClN2O. The lowest BCUT2D eigenvalue weighted by Gasteiger charge is -2.30. The van der Waals surface area contributed by atoms with Gasteiger partial charge in [0.05, 0.1) is 6.04 Å².